The quantitative estimate of drug-likeness (QED) is 0.557. The molecule has 0 aliphatic rings. The molecule has 1 aromatic carbocycles. The van der Waals surface area contributed by atoms with E-state index in [0.29, 0.717) is 0 Å². The van der Waals surface area contributed by atoms with Crippen LogP contribution in [0.5, 0.6) is 0 Å². The summed E-state index contributed by atoms with van der Waals surface area (Å²) in [5.74, 6) is -3.34. The number of nitrogens with zero attached hydrogens (tertiary/aromatic N) is 1. The number of carbonyl (C=O) groups is 2. The number of amides is 1. The van der Waals surface area contributed by atoms with Crippen LogP contribution in [0.4, 0.5) is 11.4 Å². The van der Waals surface area contributed by atoms with Crippen molar-refractivity contribution in [3.8, 4) is 6.07 Å². The number of carboxylic acid groups (broad SMARTS) is 1. The number of nitrogens with two attached hydrogens (primary N) is 1. The Bertz CT molecular complexity index is 551. The SMILES string of the molecule is N#Cc1cc(NC(=O)C(=O)[O-])c(Cl)c(N)c1Cl. The van der Waals surface area contributed by atoms with Crippen molar-refractivity contribution in [2.24, 2.45) is 0 Å². The second-order valence-electron chi connectivity index (χ2n) is 2.87. The summed E-state index contributed by atoms with van der Waals surface area (Å²) in [4.78, 5) is 21.1. The highest BCUT2D eigenvalue weighted by molar-refractivity contribution is 6.43. The third kappa shape index (κ3) is 2.58. The normalized spacial score (nSPS) is 9.47. The van der Waals surface area contributed by atoms with Crippen molar-refractivity contribution in [2.75, 3.05) is 11.1 Å². The number of hydrogen-bond acceptors (Lipinski definition) is 5. The van der Waals surface area contributed by atoms with Crippen LogP contribution >= 0.6 is 23.2 Å². The van der Waals surface area contributed by atoms with E-state index in [4.69, 9.17) is 34.2 Å². The molecular formula is C9H4Cl2N3O3-. The highest BCUT2D eigenvalue weighted by atomic mass is 35.5. The summed E-state index contributed by atoms with van der Waals surface area (Å²) >= 11 is 11.4. The average Bonchev–Trinajstić information content (AvgIpc) is 2.29. The summed E-state index contributed by atoms with van der Waals surface area (Å²) in [6.07, 6.45) is 0. The molecule has 1 rings (SSSR count). The van der Waals surface area contributed by atoms with Gasteiger partial charge in [0.25, 0.3) is 5.91 Å². The van der Waals surface area contributed by atoms with Gasteiger partial charge in [-0.1, -0.05) is 23.2 Å². The predicted molar refractivity (Wildman–Crippen MR) is 59.2 cm³/mol. The van der Waals surface area contributed by atoms with E-state index in [0.717, 1.165) is 6.07 Å². The van der Waals surface area contributed by atoms with Crippen LogP contribution in [-0.2, 0) is 9.59 Å². The Hall–Kier alpha value is -1.97. The second kappa shape index (κ2) is 4.91. The molecule has 0 spiro atoms. The largest absolute Gasteiger partial charge is 0.540 e. The van der Waals surface area contributed by atoms with Crippen molar-refractivity contribution in [1.29, 1.82) is 5.26 Å². The molecule has 17 heavy (non-hydrogen) atoms. The van der Waals surface area contributed by atoms with Gasteiger partial charge in [0.2, 0.25) is 0 Å². The molecule has 0 heterocycles. The minimum absolute atomic E-state index is 0.0396. The predicted octanol–water partition coefficient (Wildman–Crippen LogP) is 0.136. The van der Waals surface area contributed by atoms with E-state index in [-0.39, 0.29) is 27.0 Å². The third-order valence-electron chi connectivity index (χ3n) is 1.79. The van der Waals surface area contributed by atoms with Crippen molar-refractivity contribution < 1.29 is 14.7 Å². The highest BCUT2D eigenvalue weighted by Gasteiger charge is 2.15. The van der Waals surface area contributed by atoms with Gasteiger partial charge in [-0.05, 0) is 6.07 Å². The zero-order valence-electron chi connectivity index (χ0n) is 8.08. The molecule has 6 nitrogen and oxygen atoms in total. The number of carbonyl (C=O) groups excluding carboxylic acids is 2. The summed E-state index contributed by atoms with van der Waals surface area (Å²) in [6, 6.07) is 2.83. The maximum atomic E-state index is 10.9. The molecule has 3 N–H and O–H groups in total. The molecule has 1 aromatic rings. The number of carboxylic acids is 1. The van der Waals surface area contributed by atoms with Gasteiger partial charge in [-0.3, -0.25) is 4.79 Å². The van der Waals surface area contributed by atoms with Crippen LogP contribution in [0.15, 0.2) is 6.07 Å². The van der Waals surface area contributed by atoms with Crippen molar-refractivity contribution in [2.45, 2.75) is 0 Å². The van der Waals surface area contributed by atoms with Gasteiger partial charge in [-0.25, -0.2) is 0 Å². The Balaban J connectivity index is 3.27. The minimum atomic E-state index is -1.94. The van der Waals surface area contributed by atoms with Crippen molar-refractivity contribution in [1.82, 2.24) is 0 Å². The number of nitrogen functional groups attached to an aromatic ring is 1. The molecule has 0 aliphatic heterocycles. The number of nitrogens with one attached hydrogen (secondary N) is 1. The smallest absolute Gasteiger partial charge is 0.271 e. The third-order valence-corrected chi connectivity index (χ3v) is 2.60. The number of rotatable bonds is 1. The van der Waals surface area contributed by atoms with Crippen LogP contribution in [-0.4, -0.2) is 11.9 Å². The van der Waals surface area contributed by atoms with Crippen LogP contribution in [0.2, 0.25) is 10.0 Å². The Morgan fingerprint density at radius 1 is 1.41 bits per heavy atom. The van der Waals surface area contributed by atoms with E-state index < -0.39 is 11.9 Å². The summed E-state index contributed by atoms with van der Waals surface area (Å²) in [7, 11) is 0. The molecule has 1 amide bonds. The van der Waals surface area contributed by atoms with Crippen molar-refractivity contribution in [3.05, 3.63) is 21.7 Å². The van der Waals surface area contributed by atoms with Crippen molar-refractivity contribution in [3.63, 3.8) is 0 Å². The number of anilines is 2. The summed E-state index contributed by atoms with van der Waals surface area (Å²) in [6.45, 7) is 0. The lowest BCUT2D eigenvalue weighted by molar-refractivity contribution is -0.299. The first-order valence-corrected chi connectivity index (χ1v) is 4.84. The van der Waals surface area contributed by atoms with E-state index in [1.165, 1.54) is 0 Å². The van der Waals surface area contributed by atoms with E-state index in [1.807, 2.05) is 5.32 Å². The summed E-state index contributed by atoms with van der Waals surface area (Å²) in [5, 5.41) is 20.7. The summed E-state index contributed by atoms with van der Waals surface area (Å²) < 4.78 is 0. The van der Waals surface area contributed by atoms with Gasteiger partial charge in [-0.15, -0.1) is 0 Å². The number of hydrogen-bond donors (Lipinski definition) is 2. The topological polar surface area (TPSA) is 119 Å². The van der Waals surface area contributed by atoms with Gasteiger partial charge < -0.3 is 21.0 Å². The molecule has 0 bridgehead atoms. The van der Waals surface area contributed by atoms with E-state index in [9.17, 15) is 14.7 Å². The van der Waals surface area contributed by atoms with Gasteiger partial charge in [0, 0.05) is 0 Å². The van der Waals surface area contributed by atoms with Crippen LogP contribution < -0.4 is 16.2 Å². The molecule has 88 valence electrons. The fourth-order valence-corrected chi connectivity index (χ4v) is 1.44. The molecule has 0 saturated carbocycles. The maximum absolute atomic E-state index is 10.9. The van der Waals surface area contributed by atoms with E-state index in [1.54, 1.807) is 6.07 Å². The number of halogens is 2. The fraction of sp³-hybridized carbons (Fsp3) is 0. The van der Waals surface area contributed by atoms with Gasteiger partial charge in [0.15, 0.2) is 0 Å². The van der Waals surface area contributed by atoms with Gasteiger partial charge in [-0.2, -0.15) is 5.26 Å². The number of benzene rings is 1. The van der Waals surface area contributed by atoms with Crippen LogP contribution in [0.1, 0.15) is 5.56 Å². The molecule has 8 heteroatoms. The Morgan fingerprint density at radius 2 is 2.00 bits per heavy atom. The van der Waals surface area contributed by atoms with Gasteiger partial charge in [0.05, 0.1) is 27.0 Å². The maximum Gasteiger partial charge on any atom is 0.271 e. The Kier molecular flexibility index (Phi) is 3.78. The lowest BCUT2D eigenvalue weighted by Crippen LogP contribution is -2.36. The van der Waals surface area contributed by atoms with E-state index >= 15 is 0 Å². The first-order chi connectivity index (χ1) is 7.88. The zero-order chi connectivity index (χ0) is 13.2. The molecular weight excluding hydrogens is 269 g/mol. The molecule has 0 aliphatic carbocycles. The first-order valence-electron chi connectivity index (χ1n) is 4.08. The number of aliphatic carboxylic acids is 1. The Morgan fingerprint density at radius 3 is 2.47 bits per heavy atom. The number of nitriles is 1. The standard InChI is InChI=1S/C9H5Cl2N3O3/c10-5-3(2-12)1-4(6(11)7(5)13)14-8(15)9(16)17/h1H,13H2,(H,14,15)(H,16,17)/p-1. The molecule has 0 aromatic heterocycles. The van der Waals surface area contributed by atoms with Crippen LogP contribution in [0.3, 0.4) is 0 Å². The second-order valence-corrected chi connectivity index (χ2v) is 3.62. The monoisotopic (exact) mass is 272 g/mol. The lowest BCUT2D eigenvalue weighted by Gasteiger charge is -2.11. The molecule has 0 radical (unpaired) electrons. The van der Waals surface area contributed by atoms with Crippen molar-refractivity contribution >= 4 is 46.5 Å². The Labute approximate surface area is 106 Å². The van der Waals surface area contributed by atoms with Gasteiger partial charge >= 0.3 is 0 Å². The van der Waals surface area contributed by atoms with Crippen LogP contribution in [0, 0.1) is 11.3 Å². The molecule has 0 unspecified atom stereocenters. The molecule has 0 fully saturated rings. The highest BCUT2D eigenvalue weighted by Crippen LogP contribution is 2.36. The lowest BCUT2D eigenvalue weighted by atomic mass is 10.2. The van der Waals surface area contributed by atoms with Gasteiger partial charge in [0.1, 0.15) is 12.0 Å². The molecule has 0 saturated heterocycles. The minimum Gasteiger partial charge on any atom is -0.540 e. The first kappa shape index (κ1) is 13.1. The fourth-order valence-electron chi connectivity index (χ4n) is 1.00. The average molecular weight is 273 g/mol. The van der Waals surface area contributed by atoms with E-state index in [2.05, 4.69) is 0 Å². The zero-order valence-corrected chi connectivity index (χ0v) is 9.59. The summed E-state index contributed by atoms with van der Waals surface area (Å²) in [5.41, 5.74) is 5.19. The van der Waals surface area contributed by atoms with Crippen LogP contribution in [0.25, 0.3) is 0 Å². The molecule has 0 atom stereocenters.